The van der Waals surface area contributed by atoms with E-state index in [2.05, 4.69) is 15.3 Å². The Morgan fingerprint density at radius 2 is 1.75 bits per heavy atom. The van der Waals surface area contributed by atoms with Crippen LogP contribution in [0.1, 0.15) is 18.5 Å². The highest BCUT2D eigenvalue weighted by Gasteiger charge is 2.09. The molecule has 3 rings (SSSR count). The SMILES string of the molecule is CC(Nc1ncnc2ccccc12)c1ccc(F)cc1. The summed E-state index contributed by atoms with van der Waals surface area (Å²) in [6, 6.07) is 14.3. The number of hydrogen-bond acceptors (Lipinski definition) is 3. The minimum atomic E-state index is -0.228. The third kappa shape index (κ3) is 2.45. The molecular weight excluding hydrogens is 253 g/mol. The van der Waals surface area contributed by atoms with Crippen LogP contribution in [0.5, 0.6) is 0 Å². The average molecular weight is 267 g/mol. The number of rotatable bonds is 3. The number of anilines is 1. The third-order valence-corrected chi connectivity index (χ3v) is 3.27. The van der Waals surface area contributed by atoms with Crippen molar-refractivity contribution >= 4 is 16.7 Å². The van der Waals surface area contributed by atoms with Crippen LogP contribution in [0.3, 0.4) is 0 Å². The molecule has 0 aliphatic rings. The summed E-state index contributed by atoms with van der Waals surface area (Å²) in [5, 5.41) is 4.32. The molecule has 3 nitrogen and oxygen atoms in total. The number of benzene rings is 2. The highest BCUT2D eigenvalue weighted by atomic mass is 19.1. The van der Waals surface area contributed by atoms with E-state index in [1.54, 1.807) is 18.5 Å². The van der Waals surface area contributed by atoms with Gasteiger partial charge in [0.1, 0.15) is 18.0 Å². The average Bonchev–Trinajstić information content (AvgIpc) is 2.48. The molecule has 0 saturated carbocycles. The largest absolute Gasteiger partial charge is 0.363 e. The van der Waals surface area contributed by atoms with Gasteiger partial charge in [0.05, 0.1) is 5.52 Å². The maximum atomic E-state index is 12.9. The Balaban J connectivity index is 1.91. The number of hydrogen-bond donors (Lipinski definition) is 1. The Hall–Kier alpha value is -2.49. The highest BCUT2D eigenvalue weighted by molar-refractivity contribution is 5.88. The Labute approximate surface area is 116 Å². The summed E-state index contributed by atoms with van der Waals surface area (Å²) in [6.45, 7) is 2.02. The highest BCUT2D eigenvalue weighted by Crippen LogP contribution is 2.23. The summed E-state index contributed by atoms with van der Waals surface area (Å²) < 4.78 is 12.9. The zero-order valence-electron chi connectivity index (χ0n) is 11.0. The van der Waals surface area contributed by atoms with E-state index in [0.717, 1.165) is 22.3 Å². The van der Waals surface area contributed by atoms with E-state index in [4.69, 9.17) is 0 Å². The number of halogens is 1. The van der Waals surface area contributed by atoms with Crippen LogP contribution in [0.15, 0.2) is 54.9 Å². The molecule has 0 radical (unpaired) electrons. The molecule has 1 N–H and O–H groups in total. The minimum absolute atomic E-state index is 0.0360. The van der Waals surface area contributed by atoms with Crippen molar-refractivity contribution in [1.82, 2.24) is 9.97 Å². The normalized spacial score (nSPS) is 12.3. The Bertz CT molecular complexity index is 720. The van der Waals surface area contributed by atoms with Gasteiger partial charge in [-0.05, 0) is 36.8 Å². The molecule has 0 aliphatic heterocycles. The Morgan fingerprint density at radius 1 is 1.00 bits per heavy atom. The van der Waals surface area contributed by atoms with Crippen LogP contribution in [0.25, 0.3) is 10.9 Å². The molecule has 20 heavy (non-hydrogen) atoms. The van der Waals surface area contributed by atoms with E-state index in [0.29, 0.717) is 0 Å². The summed E-state index contributed by atoms with van der Waals surface area (Å²) in [7, 11) is 0. The Kier molecular flexibility index (Phi) is 3.29. The zero-order valence-corrected chi connectivity index (χ0v) is 11.0. The number of nitrogens with zero attached hydrogens (tertiary/aromatic N) is 2. The summed E-state index contributed by atoms with van der Waals surface area (Å²) >= 11 is 0. The van der Waals surface area contributed by atoms with Crippen molar-refractivity contribution in [2.24, 2.45) is 0 Å². The van der Waals surface area contributed by atoms with Gasteiger partial charge in [0.15, 0.2) is 0 Å². The lowest BCUT2D eigenvalue weighted by Gasteiger charge is -2.16. The van der Waals surface area contributed by atoms with Gasteiger partial charge in [-0.15, -0.1) is 0 Å². The third-order valence-electron chi connectivity index (χ3n) is 3.27. The fourth-order valence-corrected chi connectivity index (χ4v) is 2.16. The lowest BCUT2D eigenvalue weighted by atomic mass is 10.1. The van der Waals surface area contributed by atoms with Gasteiger partial charge in [-0.25, -0.2) is 14.4 Å². The maximum Gasteiger partial charge on any atom is 0.137 e. The lowest BCUT2D eigenvalue weighted by Crippen LogP contribution is -2.08. The van der Waals surface area contributed by atoms with Crippen molar-refractivity contribution in [3.8, 4) is 0 Å². The summed E-state index contributed by atoms with van der Waals surface area (Å²) in [5.41, 5.74) is 1.91. The van der Waals surface area contributed by atoms with E-state index in [1.165, 1.54) is 12.1 Å². The summed E-state index contributed by atoms with van der Waals surface area (Å²) in [6.07, 6.45) is 1.54. The Morgan fingerprint density at radius 3 is 2.55 bits per heavy atom. The fraction of sp³-hybridized carbons (Fsp3) is 0.125. The molecule has 1 heterocycles. The van der Waals surface area contributed by atoms with Gasteiger partial charge in [-0.2, -0.15) is 0 Å². The molecule has 4 heteroatoms. The first kappa shape index (κ1) is 12.5. The molecule has 1 unspecified atom stereocenters. The minimum Gasteiger partial charge on any atom is -0.363 e. The molecule has 100 valence electrons. The summed E-state index contributed by atoms with van der Waals surface area (Å²) in [5.74, 6) is 0.556. The van der Waals surface area contributed by atoms with Gasteiger partial charge in [0.2, 0.25) is 0 Å². The van der Waals surface area contributed by atoms with E-state index in [9.17, 15) is 4.39 Å². The van der Waals surface area contributed by atoms with Gasteiger partial charge >= 0.3 is 0 Å². The van der Waals surface area contributed by atoms with Crippen LogP contribution in [0.4, 0.5) is 10.2 Å². The maximum absolute atomic E-state index is 12.9. The van der Waals surface area contributed by atoms with Crippen molar-refractivity contribution in [1.29, 1.82) is 0 Å². The first-order valence-corrected chi connectivity index (χ1v) is 6.46. The first-order chi connectivity index (χ1) is 9.74. The molecule has 1 atom stereocenters. The van der Waals surface area contributed by atoms with Crippen molar-refractivity contribution in [2.45, 2.75) is 13.0 Å². The van der Waals surface area contributed by atoms with Crippen molar-refractivity contribution in [3.63, 3.8) is 0 Å². The van der Waals surface area contributed by atoms with Crippen LogP contribution in [0.2, 0.25) is 0 Å². The quantitative estimate of drug-likeness (QED) is 0.781. The lowest BCUT2D eigenvalue weighted by molar-refractivity contribution is 0.626. The van der Waals surface area contributed by atoms with Crippen molar-refractivity contribution in [3.05, 3.63) is 66.2 Å². The van der Waals surface area contributed by atoms with Crippen LogP contribution in [-0.4, -0.2) is 9.97 Å². The molecule has 0 aliphatic carbocycles. The molecular formula is C16H14FN3. The fourth-order valence-electron chi connectivity index (χ4n) is 2.16. The standard InChI is InChI=1S/C16H14FN3/c1-11(12-6-8-13(17)9-7-12)20-16-14-4-2-3-5-15(14)18-10-19-16/h2-11H,1H3,(H,18,19,20). The molecule has 0 bridgehead atoms. The molecule has 3 aromatic rings. The predicted molar refractivity (Wildman–Crippen MR) is 78.0 cm³/mol. The van der Waals surface area contributed by atoms with Gasteiger partial charge < -0.3 is 5.32 Å². The molecule has 0 amide bonds. The molecule has 0 saturated heterocycles. The first-order valence-electron chi connectivity index (χ1n) is 6.46. The molecule has 1 aromatic heterocycles. The zero-order chi connectivity index (χ0) is 13.9. The number of aromatic nitrogens is 2. The van der Waals surface area contributed by atoms with Gasteiger partial charge in [0, 0.05) is 11.4 Å². The van der Waals surface area contributed by atoms with Gasteiger partial charge in [-0.1, -0.05) is 24.3 Å². The van der Waals surface area contributed by atoms with E-state index in [-0.39, 0.29) is 11.9 Å². The smallest absolute Gasteiger partial charge is 0.137 e. The monoisotopic (exact) mass is 267 g/mol. The topological polar surface area (TPSA) is 37.8 Å². The molecule has 2 aromatic carbocycles. The van der Waals surface area contributed by atoms with Crippen LogP contribution < -0.4 is 5.32 Å². The van der Waals surface area contributed by atoms with Gasteiger partial charge in [0.25, 0.3) is 0 Å². The van der Waals surface area contributed by atoms with E-state index >= 15 is 0 Å². The van der Waals surface area contributed by atoms with Crippen LogP contribution in [-0.2, 0) is 0 Å². The van der Waals surface area contributed by atoms with Crippen LogP contribution >= 0.6 is 0 Å². The second kappa shape index (κ2) is 5.25. The van der Waals surface area contributed by atoms with Crippen molar-refractivity contribution < 1.29 is 4.39 Å². The van der Waals surface area contributed by atoms with E-state index < -0.39 is 0 Å². The van der Waals surface area contributed by atoms with Crippen LogP contribution in [0, 0.1) is 5.82 Å². The molecule has 0 fully saturated rings. The summed E-state index contributed by atoms with van der Waals surface area (Å²) in [4.78, 5) is 8.53. The van der Waals surface area contributed by atoms with Gasteiger partial charge in [-0.3, -0.25) is 0 Å². The second-order valence-electron chi connectivity index (χ2n) is 4.66. The predicted octanol–water partition coefficient (Wildman–Crippen LogP) is 3.94. The van der Waals surface area contributed by atoms with E-state index in [1.807, 2.05) is 31.2 Å². The van der Waals surface area contributed by atoms with Crippen molar-refractivity contribution in [2.75, 3.05) is 5.32 Å². The number of para-hydroxylation sites is 1. The molecule has 0 spiro atoms. The number of nitrogens with one attached hydrogen (secondary N) is 1. The number of fused-ring (bicyclic) bond motifs is 1. The second-order valence-corrected chi connectivity index (χ2v) is 4.66.